The molecule has 0 bridgehead atoms. The second-order valence-electron chi connectivity index (χ2n) is 5.60. The lowest BCUT2D eigenvalue weighted by Gasteiger charge is -2.38. The molecular formula is C13H22N2O2. The zero-order valence-electron chi connectivity index (χ0n) is 11.2. The number of piperidine rings is 1. The summed E-state index contributed by atoms with van der Waals surface area (Å²) in [6, 6.07) is 2.46. The van der Waals surface area contributed by atoms with Crippen LogP contribution in [0.5, 0.6) is 0 Å². The third-order valence-corrected chi connectivity index (χ3v) is 2.99. The van der Waals surface area contributed by atoms with E-state index in [4.69, 9.17) is 10.00 Å². The Hall–Kier alpha value is -1.24. The summed E-state index contributed by atoms with van der Waals surface area (Å²) in [5.74, 6) is -0.0506. The van der Waals surface area contributed by atoms with Crippen LogP contribution >= 0.6 is 0 Å². The third-order valence-electron chi connectivity index (χ3n) is 2.99. The van der Waals surface area contributed by atoms with Crippen LogP contribution in [0.2, 0.25) is 0 Å². The van der Waals surface area contributed by atoms with Crippen molar-refractivity contribution in [2.24, 2.45) is 5.92 Å². The van der Waals surface area contributed by atoms with Gasteiger partial charge in [-0.25, -0.2) is 4.79 Å². The summed E-state index contributed by atoms with van der Waals surface area (Å²) in [5.41, 5.74) is -0.477. The molecule has 96 valence electrons. The number of likely N-dealkylation sites (tertiary alicyclic amines) is 1. The van der Waals surface area contributed by atoms with Gasteiger partial charge in [-0.3, -0.25) is 0 Å². The molecule has 0 aliphatic carbocycles. The van der Waals surface area contributed by atoms with Crippen LogP contribution in [0.4, 0.5) is 4.79 Å². The van der Waals surface area contributed by atoms with E-state index in [1.54, 1.807) is 4.90 Å². The highest BCUT2D eigenvalue weighted by Gasteiger charge is 2.33. The van der Waals surface area contributed by atoms with Gasteiger partial charge in [0.1, 0.15) is 5.60 Å². The Morgan fingerprint density at radius 2 is 2.12 bits per heavy atom. The van der Waals surface area contributed by atoms with E-state index in [-0.39, 0.29) is 18.1 Å². The van der Waals surface area contributed by atoms with Crippen molar-refractivity contribution in [3.63, 3.8) is 0 Å². The maximum Gasteiger partial charge on any atom is 0.410 e. The Kier molecular flexibility index (Phi) is 4.39. The normalized spacial score (nSPS) is 25.2. The molecule has 1 rings (SSSR count). The molecule has 2 unspecified atom stereocenters. The number of hydrogen-bond acceptors (Lipinski definition) is 3. The average molecular weight is 238 g/mol. The molecule has 2 atom stereocenters. The Morgan fingerprint density at radius 1 is 1.47 bits per heavy atom. The minimum Gasteiger partial charge on any atom is -0.444 e. The summed E-state index contributed by atoms with van der Waals surface area (Å²) in [7, 11) is 0. The molecular weight excluding hydrogens is 216 g/mol. The van der Waals surface area contributed by atoms with Crippen LogP contribution in [-0.2, 0) is 4.74 Å². The molecule has 4 nitrogen and oxygen atoms in total. The third kappa shape index (κ3) is 3.92. The monoisotopic (exact) mass is 238 g/mol. The fraction of sp³-hybridized carbons (Fsp3) is 0.846. The van der Waals surface area contributed by atoms with Gasteiger partial charge >= 0.3 is 6.09 Å². The van der Waals surface area contributed by atoms with Crippen molar-refractivity contribution in [1.82, 2.24) is 4.90 Å². The van der Waals surface area contributed by atoms with Gasteiger partial charge in [-0.05, 0) is 40.0 Å². The van der Waals surface area contributed by atoms with Gasteiger partial charge in [-0.2, -0.15) is 5.26 Å². The molecule has 1 amide bonds. The van der Waals surface area contributed by atoms with Crippen molar-refractivity contribution in [2.45, 2.75) is 58.6 Å². The number of hydrogen-bond donors (Lipinski definition) is 0. The highest BCUT2D eigenvalue weighted by molar-refractivity contribution is 5.68. The van der Waals surface area contributed by atoms with Crippen molar-refractivity contribution in [2.75, 3.05) is 6.54 Å². The predicted molar refractivity (Wildman–Crippen MR) is 65.4 cm³/mol. The molecule has 0 aromatic heterocycles. The standard InChI is InChI=1S/C13H22N2O2/c1-5-11-7-6-10(8-14)9-15(11)12(16)17-13(2,3)4/h10-11H,5-7,9H2,1-4H3. The summed E-state index contributed by atoms with van der Waals surface area (Å²) in [5, 5.41) is 8.95. The lowest BCUT2D eigenvalue weighted by Crippen LogP contribution is -2.48. The summed E-state index contributed by atoms with van der Waals surface area (Å²) >= 11 is 0. The molecule has 1 saturated heterocycles. The van der Waals surface area contributed by atoms with Gasteiger partial charge in [0.05, 0.1) is 12.0 Å². The number of carbonyl (C=O) groups is 1. The largest absolute Gasteiger partial charge is 0.444 e. The van der Waals surface area contributed by atoms with E-state index in [0.717, 1.165) is 19.3 Å². The number of ether oxygens (including phenoxy) is 1. The Balaban J connectivity index is 2.70. The number of carbonyl (C=O) groups excluding carboxylic acids is 1. The van der Waals surface area contributed by atoms with E-state index >= 15 is 0 Å². The van der Waals surface area contributed by atoms with Crippen LogP contribution in [0.15, 0.2) is 0 Å². The molecule has 0 aromatic rings. The first-order valence-corrected chi connectivity index (χ1v) is 6.26. The summed E-state index contributed by atoms with van der Waals surface area (Å²) in [6.45, 7) is 8.14. The highest BCUT2D eigenvalue weighted by Crippen LogP contribution is 2.25. The van der Waals surface area contributed by atoms with Crippen LogP contribution in [0, 0.1) is 17.2 Å². The van der Waals surface area contributed by atoms with Crippen molar-refractivity contribution in [3.8, 4) is 6.07 Å². The number of amides is 1. The van der Waals surface area contributed by atoms with Gasteiger partial charge in [0.2, 0.25) is 0 Å². The highest BCUT2D eigenvalue weighted by atomic mass is 16.6. The Labute approximate surface area is 104 Å². The second-order valence-corrected chi connectivity index (χ2v) is 5.60. The summed E-state index contributed by atoms with van der Waals surface area (Å²) in [4.78, 5) is 13.8. The predicted octanol–water partition coefficient (Wildman–Crippen LogP) is 2.94. The fourth-order valence-corrected chi connectivity index (χ4v) is 2.10. The Morgan fingerprint density at radius 3 is 2.59 bits per heavy atom. The van der Waals surface area contributed by atoms with Crippen LogP contribution in [0.1, 0.15) is 47.0 Å². The molecule has 1 aliphatic heterocycles. The van der Waals surface area contributed by atoms with Crippen molar-refractivity contribution in [3.05, 3.63) is 0 Å². The summed E-state index contributed by atoms with van der Waals surface area (Å²) < 4.78 is 5.38. The molecule has 17 heavy (non-hydrogen) atoms. The van der Waals surface area contributed by atoms with Gasteiger partial charge in [-0.15, -0.1) is 0 Å². The van der Waals surface area contributed by atoms with Crippen LogP contribution in [0.25, 0.3) is 0 Å². The topological polar surface area (TPSA) is 53.3 Å². The zero-order valence-corrected chi connectivity index (χ0v) is 11.2. The van der Waals surface area contributed by atoms with Crippen molar-refractivity contribution < 1.29 is 9.53 Å². The lowest BCUT2D eigenvalue weighted by atomic mass is 9.93. The number of rotatable bonds is 1. The SMILES string of the molecule is CCC1CCC(C#N)CN1C(=O)OC(C)(C)C. The number of nitriles is 1. The molecule has 4 heteroatoms. The van der Waals surface area contributed by atoms with Gasteiger partial charge in [0.15, 0.2) is 0 Å². The van der Waals surface area contributed by atoms with Gasteiger partial charge in [-0.1, -0.05) is 6.92 Å². The molecule has 0 N–H and O–H groups in total. The molecule has 0 radical (unpaired) electrons. The van der Waals surface area contributed by atoms with Gasteiger partial charge in [0.25, 0.3) is 0 Å². The average Bonchev–Trinajstić information content (AvgIpc) is 2.25. The second kappa shape index (κ2) is 5.39. The van der Waals surface area contributed by atoms with E-state index in [9.17, 15) is 4.79 Å². The van der Waals surface area contributed by atoms with E-state index in [2.05, 4.69) is 13.0 Å². The molecule has 1 aliphatic rings. The number of nitrogens with zero attached hydrogens (tertiary/aromatic N) is 2. The van der Waals surface area contributed by atoms with Crippen LogP contribution in [-0.4, -0.2) is 29.2 Å². The maximum absolute atomic E-state index is 12.0. The van der Waals surface area contributed by atoms with E-state index in [1.165, 1.54) is 0 Å². The Bertz CT molecular complexity index is 314. The fourth-order valence-electron chi connectivity index (χ4n) is 2.10. The van der Waals surface area contributed by atoms with Crippen LogP contribution in [0.3, 0.4) is 0 Å². The minimum absolute atomic E-state index is 0.0506. The van der Waals surface area contributed by atoms with E-state index in [1.807, 2.05) is 20.8 Å². The van der Waals surface area contributed by atoms with E-state index < -0.39 is 5.60 Å². The smallest absolute Gasteiger partial charge is 0.410 e. The molecule has 0 aromatic carbocycles. The van der Waals surface area contributed by atoms with Crippen molar-refractivity contribution in [1.29, 1.82) is 5.26 Å². The van der Waals surface area contributed by atoms with Gasteiger partial charge < -0.3 is 9.64 Å². The van der Waals surface area contributed by atoms with E-state index in [0.29, 0.717) is 6.54 Å². The maximum atomic E-state index is 12.0. The quantitative estimate of drug-likeness (QED) is 0.705. The van der Waals surface area contributed by atoms with Crippen molar-refractivity contribution >= 4 is 6.09 Å². The molecule has 0 spiro atoms. The van der Waals surface area contributed by atoms with Gasteiger partial charge in [0, 0.05) is 12.6 Å². The van der Waals surface area contributed by atoms with Crippen LogP contribution < -0.4 is 0 Å². The first kappa shape index (κ1) is 13.8. The first-order valence-electron chi connectivity index (χ1n) is 6.26. The lowest BCUT2D eigenvalue weighted by molar-refractivity contribution is 0.00569. The first-order chi connectivity index (χ1) is 7.87. The minimum atomic E-state index is -0.477. The zero-order chi connectivity index (χ0) is 13.1. The summed E-state index contributed by atoms with van der Waals surface area (Å²) in [6.07, 6.45) is 2.41. The molecule has 1 fully saturated rings. The molecule has 0 saturated carbocycles. The molecule has 1 heterocycles.